The van der Waals surface area contributed by atoms with E-state index in [-0.39, 0.29) is 101 Å². The third kappa shape index (κ3) is 28.0. The molecule has 607 valence electrons. The number of nitrogens with zero attached hydrogens (tertiary/aromatic N) is 5. The fourth-order valence-corrected chi connectivity index (χ4v) is 21.9. The molecule has 115 heavy (non-hydrogen) atoms. The van der Waals surface area contributed by atoms with Crippen molar-refractivity contribution in [3.05, 3.63) is 315 Å². The fourth-order valence-electron chi connectivity index (χ4n) is 14.7. The second kappa shape index (κ2) is 45.9. The summed E-state index contributed by atoms with van der Waals surface area (Å²) in [6.45, 7) is 35.8. The summed E-state index contributed by atoms with van der Waals surface area (Å²) in [5, 5.41) is 7.28. The van der Waals surface area contributed by atoms with Gasteiger partial charge in [-0.25, -0.2) is 0 Å². The van der Waals surface area contributed by atoms with Gasteiger partial charge in [-0.1, -0.05) is 282 Å². The predicted octanol–water partition coefficient (Wildman–Crippen LogP) is 24.2. The first-order valence-electron chi connectivity index (χ1n) is 39.8. The second-order valence-electron chi connectivity index (χ2n) is 34.6. The summed E-state index contributed by atoms with van der Waals surface area (Å²) in [5.41, 5.74) is 20.7. The van der Waals surface area contributed by atoms with Crippen molar-refractivity contribution >= 4 is 66.3 Å². The number of pyridine rings is 5. The molecule has 2 fully saturated rings. The van der Waals surface area contributed by atoms with E-state index in [0.29, 0.717) is 5.92 Å². The number of benzene rings is 8. The van der Waals surface area contributed by atoms with Crippen LogP contribution in [0.15, 0.2) is 273 Å². The Morgan fingerprint density at radius 2 is 0.678 bits per heavy atom. The Balaban J connectivity index is 0.000000221. The van der Waals surface area contributed by atoms with E-state index in [0.717, 1.165) is 67.9 Å². The molecule has 0 unspecified atom stereocenters. The van der Waals surface area contributed by atoms with Gasteiger partial charge in [-0.05, 0) is 107 Å². The molecule has 8 aromatic carbocycles. The van der Waals surface area contributed by atoms with Gasteiger partial charge in [0.15, 0.2) is 0 Å². The van der Waals surface area contributed by atoms with Gasteiger partial charge in [-0.3, -0.25) is 4.98 Å². The summed E-state index contributed by atoms with van der Waals surface area (Å²) in [5.74, 6) is 1.55. The zero-order valence-electron chi connectivity index (χ0n) is 69.6. The van der Waals surface area contributed by atoms with Gasteiger partial charge in [0.1, 0.15) is 0 Å². The molecule has 0 bridgehead atoms. The molecule has 0 amide bonds. The largest absolute Gasteiger partial charge is 0.305 e. The van der Waals surface area contributed by atoms with Crippen molar-refractivity contribution in [3.63, 3.8) is 0 Å². The Hall–Kier alpha value is -6.16. The molecule has 5 nitrogen and oxygen atoms in total. The first kappa shape index (κ1) is 97.7. The number of aromatic nitrogens is 5. The molecule has 0 atom stereocenters. The molecule has 5 heterocycles. The van der Waals surface area contributed by atoms with Gasteiger partial charge >= 0.3 is 0 Å². The third-order valence-corrected chi connectivity index (χ3v) is 30.9. The fraction of sp³-hybridized carbons (Fsp3) is 0.270. The van der Waals surface area contributed by atoms with Crippen molar-refractivity contribution in [2.24, 2.45) is 5.92 Å². The van der Waals surface area contributed by atoms with Crippen LogP contribution in [0, 0.1) is 36.2 Å². The molecular weight excluding hydrogens is 2370 g/mol. The third-order valence-electron chi connectivity index (χ3n) is 20.8. The minimum absolute atomic E-state index is 0. The molecule has 2 saturated carbocycles. The molecule has 0 saturated heterocycles. The Labute approximate surface area is 762 Å². The van der Waals surface area contributed by atoms with E-state index in [9.17, 15) is 0 Å². The number of hydrogen-bond donors (Lipinski definition) is 0. The molecule has 15 heteroatoms. The van der Waals surface area contributed by atoms with Gasteiger partial charge in [0.2, 0.25) is 0 Å². The van der Waals surface area contributed by atoms with Crippen molar-refractivity contribution in [2.45, 2.75) is 168 Å². The van der Waals surface area contributed by atoms with Crippen LogP contribution in [0.4, 0.5) is 0 Å². The van der Waals surface area contributed by atoms with Crippen molar-refractivity contribution in [1.82, 2.24) is 24.9 Å². The molecule has 13 aromatic rings. The molecule has 15 rings (SSSR count). The quantitative estimate of drug-likeness (QED) is 0.0712. The topological polar surface area (TPSA) is 64.5 Å². The van der Waals surface area contributed by atoms with Crippen LogP contribution in [-0.4, -0.2) is 65.3 Å². The van der Waals surface area contributed by atoms with E-state index in [1.807, 2.05) is 91.0 Å². The van der Waals surface area contributed by atoms with Crippen LogP contribution in [0.1, 0.15) is 75.0 Å². The summed E-state index contributed by atoms with van der Waals surface area (Å²) < 4.78 is 0. The van der Waals surface area contributed by atoms with Crippen LogP contribution in [-0.2, 0) is 107 Å². The van der Waals surface area contributed by atoms with Crippen LogP contribution in [0.5, 0.6) is 0 Å². The van der Waals surface area contributed by atoms with Gasteiger partial charge in [0, 0.05) is 131 Å². The molecule has 0 spiro atoms. The minimum Gasteiger partial charge on any atom is -0.305 e. The Morgan fingerprint density at radius 3 is 1.11 bits per heavy atom. The molecule has 0 aliphatic heterocycles. The SMILES string of the molecule is C[Si](C)(C)c1ccc(-c2[c-]cccc2)nc1-c1ccccc1.C[Si](C)(C)c1ccc(-c2[c-]cccc2)nc1C1CCCCC1.C[Si](C)(C)c1cnc(-c2[c-]cccc2)c(-c2ccccc2)c1.C[Si](C)(C)c1cnc(-c2[c-]cccc2)cc1-c1ccccc1.C[Si](C)(C)c1cnc(-c2[c-]cccc2)cc1CC1CCCC1.[Ir].[Ir].[Ir].[Ir].[Ir]. The second-order valence-corrected chi connectivity index (χ2v) is 59.8. The first-order valence-corrected chi connectivity index (χ1v) is 57.3. The van der Waals surface area contributed by atoms with Gasteiger partial charge in [-0.2, -0.15) is 0 Å². The standard InChI is InChI=1S/2C20H20NSi.C20H26NSi.C20H20NSi.C20H26NSi.5Ir/c1-22(2,3)20-15-21-19(17-12-8-5-9-13-17)14-18(20)16-10-6-4-7-11-16;1-22(2,3)18-14-19(16-10-6-4-7-11-16)20(21-15-18)17-12-8-5-9-13-17;2*1-22(2,3)19-15-14-18(16-10-6-4-7-11-16)21-20(19)17-12-8-5-9-13-17;1-22(2,3)20-15-21-19(17-11-5-4-6-12-17)14-18(20)13-16-9-7-8-10-16;;;;;/h2*4-12,14-15H,1-3H3;4,6-7,10,14-15,17H,5,8-9,12-13H2,1-3H3;4-10,12-15H,1-3H3;4-6,11,14-16H,7-10,13H2,1-3H3;;;;;/q5*-1;;;;;. The molecule has 5 aromatic heterocycles. The number of rotatable bonds is 16. The average Bonchev–Trinajstić information content (AvgIpc) is 1.39. The summed E-state index contributed by atoms with van der Waals surface area (Å²) in [7, 11) is -7.01. The normalized spacial score (nSPS) is 12.8. The van der Waals surface area contributed by atoms with E-state index in [1.54, 1.807) is 15.9 Å². The molecule has 2 aliphatic carbocycles. The summed E-state index contributed by atoms with van der Waals surface area (Å²) in [4.78, 5) is 24.4. The predicted molar refractivity (Wildman–Crippen MR) is 485 cm³/mol. The van der Waals surface area contributed by atoms with Gasteiger partial charge < -0.3 is 19.9 Å². The van der Waals surface area contributed by atoms with Crippen LogP contribution in [0.3, 0.4) is 0 Å². The molecular formula is C100H112Ir5N5Si5-5. The Morgan fingerprint density at radius 1 is 0.296 bits per heavy atom. The summed E-state index contributed by atoms with van der Waals surface area (Å²) in [6, 6.07) is 104. The van der Waals surface area contributed by atoms with Crippen molar-refractivity contribution in [2.75, 3.05) is 0 Å². The zero-order valence-corrected chi connectivity index (χ0v) is 86.6. The maximum atomic E-state index is 5.14. The summed E-state index contributed by atoms with van der Waals surface area (Å²) in [6.07, 6.45) is 19.9. The monoisotopic (exact) mass is 2490 g/mol. The first-order chi connectivity index (χ1) is 52.8. The Bertz CT molecular complexity index is 4890. The van der Waals surface area contributed by atoms with Crippen molar-refractivity contribution < 1.29 is 101 Å². The van der Waals surface area contributed by atoms with Crippen molar-refractivity contribution in [1.29, 1.82) is 0 Å². The van der Waals surface area contributed by atoms with E-state index in [2.05, 4.69) is 311 Å². The molecule has 0 N–H and O–H groups in total. The maximum absolute atomic E-state index is 5.14. The average molecular weight is 2490 g/mol. The van der Waals surface area contributed by atoms with Crippen molar-refractivity contribution in [3.8, 4) is 89.8 Å². The minimum atomic E-state index is -1.46. The molecule has 2 aliphatic rings. The van der Waals surface area contributed by atoms with E-state index < -0.39 is 40.4 Å². The van der Waals surface area contributed by atoms with E-state index >= 15 is 0 Å². The van der Waals surface area contributed by atoms with Crippen LogP contribution in [0.25, 0.3) is 89.8 Å². The number of hydrogen-bond acceptors (Lipinski definition) is 5. The van der Waals surface area contributed by atoms with Gasteiger partial charge in [0.25, 0.3) is 0 Å². The van der Waals surface area contributed by atoms with Crippen LogP contribution < -0.4 is 25.9 Å². The summed E-state index contributed by atoms with van der Waals surface area (Å²) >= 11 is 0. The van der Waals surface area contributed by atoms with Gasteiger partial charge in [0.05, 0.1) is 46.1 Å². The van der Waals surface area contributed by atoms with Crippen LogP contribution >= 0.6 is 0 Å². The van der Waals surface area contributed by atoms with E-state index in [4.69, 9.17) is 24.9 Å². The smallest absolute Gasteiger partial charge is 0.0803 e. The molecule has 5 radical (unpaired) electrons. The maximum Gasteiger partial charge on any atom is 0.0803 e. The van der Waals surface area contributed by atoms with E-state index in [1.165, 1.54) is 113 Å². The zero-order chi connectivity index (χ0) is 77.9. The van der Waals surface area contributed by atoms with Gasteiger partial charge in [-0.15, -0.1) is 179 Å². The van der Waals surface area contributed by atoms with Crippen LogP contribution in [0.2, 0.25) is 98.2 Å². The Kier molecular flexibility index (Phi) is 38.9.